The summed E-state index contributed by atoms with van der Waals surface area (Å²) < 4.78 is 3.90. The molecule has 0 aromatic carbocycles. The zero-order chi connectivity index (χ0) is 12.4. The first-order chi connectivity index (χ1) is 8.19. The number of nitrogens with zero attached hydrogens (tertiary/aromatic N) is 4. The summed E-state index contributed by atoms with van der Waals surface area (Å²) in [6.45, 7) is 5.05. The first kappa shape index (κ1) is 11.9. The largest absolute Gasteiger partial charge is 0.308 e. The summed E-state index contributed by atoms with van der Waals surface area (Å²) in [5.41, 5.74) is 3.55. The minimum atomic E-state index is 0.145. The van der Waals surface area contributed by atoms with E-state index in [4.69, 9.17) is 0 Å². The van der Waals surface area contributed by atoms with Crippen LogP contribution >= 0.6 is 0 Å². The van der Waals surface area contributed by atoms with Crippen LogP contribution in [0.15, 0.2) is 18.5 Å². The highest BCUT2D eigenvalue weighted by molar-refractivity contribution is 5.29. The lowest BCUT2D eigenvalue weighted by Gasteiger charge is -2.17. The van der Waals surface area contributed by atoms with Crippen molar-refractivity contribution in [3.63, 3.8) is 0 Å². The van der Waals surface area contributed by atoms with E-state index in [9.17, 15) is 0 Å². The summed E-state index contributed by atoms with van der Waals surface area (Å²) >= 11 is 0. The van der Waals surface area contributed by atoms with Gasteiger partial charge in [-0.3, -0.25) is 9.36 Å². The van der Waals surface area contributed by atoms with Crippen molar-refractivity contribution >= 4 is 0 Å². The van der Waals surface area contributed by atoms with Crippen molar-refractivity contribution in [3.8, 4) is 0 Å². The van der Waals surface area contributed by atoms with Gasteiger partial charge in [-0.1, -0.05) is 0 Å². The second kappa shape index (κ2) is 4.71. The molecule has 0 bridgehead atoms. The number of rotatable bonds is 4. The Morgan fingerprint density at radius 2 is 2.18 bits per heavy atom. The molecule has 5 heteroatoms. The Labute approximate surface area is 101 Å². The lowest BCUT2D eigenvalue weighted by Crippen LogP contribution is -2.22. The summed E-state index contributed by atoms with van der Waals surface area (Å²) in [7, 11) is 3.92. The predicted molar refractivity (Wildman–Crippen MR) is 66.7 cm³/mol. The molecule has 1 unspecified atom stereocenters. The molecule has 92 valence electrons. The molecule has 0 saturated heterocycles. The van der Waals surface area contributed by atoms with Crippen molar-refractivity contribution in [1.82, 2.24) is 24.9 Å². The highest BCUT2D eigenvalue weighted by Crippen LogP contribution is 2.23. The molecule has 2 rings (SSSR count). The smallest absolute Gasteiger partial charge is 0.0779 e. The van der Waals surface area contributed by atoms with Gasteiger partial charge in [0, 0.05) is 31.0 Å². The molecule has 1 atom stereocenters. The Morgan fingerprint density at radius 3 is 2.71 bits per heavy atom. The van der Waals surface area contributed by atoms with Gasteiger partial charge < -0.3 is 5.32 Å². The van der Waals surface area contributed by atoms with Gasteiger partial charge in [0.05, 0.1) is 17.9 Å². The molecule has 1 N–H and O–H groups in total. The van der Waals surface area contributed by atoms with Gasteiger partial charge in [-0.15, -0.1) is 0 Å². The molecule has 0 saturated carbocycles. The fraction of sp³-hybridized carbons (Fsp3) is 0.500. The summed E-state index contributed by atoms with van der Waals surface area (Å²) in [4.78, 5) is 0. The average molecular weight is 233 g/mol. The summed E-state index contributed by atoms with van der Waals surface area (Å²) in [5.74, 6) is 0. The van der Waals surface area contributed by atoms with Gasteiger partial charge in [0.15, 0.2) is 0 Å². The minimum absolute atomic E-state index is 0.145. The molecule has 0 spiro atoms. The van der Waals surface area contributed by atoms with Crippen LogP contribution in [0.2, 0.25) is 0 Å². The van der Waals surface area contributed by atoms with Crippen molar-refractivity contribution in [2.75, 3.05) is 7.05 Å². The van der Waals surface area contributed by atoms with E-state index in [0.717, 1.165) is 6.54 Å². The molecule has 0 aliphatic heterocycles. The fourth-order valence-electron chi connectivity index (χ4n) is 2.11. The topological polar surface area (TPSA) is 47.7 Å². The average Bonchev–Trinajstić information content (AvgIpc) is 2.92. The molecule has 0 amide bonds. The zero-order valence-corrected chi connectivity index (χ0v) is 10.8. The Bertz CT molecular complexity index is 497. The summed E-state index contributed by atoms with van der Waals surface area (Å²) in [5, 5.41) is 11.9. The summed E-state index contributed by atoms with van der Waals surface area (Å²) in [6.07, 6.45) is 3.76. The molecule has 17 heavy (non-hydrogen) atoms. The third kappa shape index (κ3) is 1.98. The van der Waals surface area contributed by atoms with Gasteiger partial charge in [-0.25, -0.2) is 0 Å². The van der Waals surface area contributed by atoms with Crippen LogP contribution in [0.25, 0.3) is 0 Å². The van der Waals surface area contributed by atoms with Crippen LogP contribution < -0.4 is 5.32 Å². The molecular formula is C12H19N5. The SMILES string of the molecule is CCn1nccc1C(NC)c1cnn(C)c1C. The van der Waals surface area contributed by atoms with E-state index in [2.05, 4.69) is 35.4 Å². The highest BCUT2D eigenvalue weighted by atomic mass is 15.3. The van der Waals surface area contributed by atoms with E-state index < -0.39 is 0 Å². The molecule has 2 heterocycles. The first-order valence-electron chi connectivity index (χ1n) is 5.86. The normalized spacial score (nSPS) is 12.9. The van der Waals surface area contributed by atoms with Crippen LogP contribution in [0.1, 0.15) is 29.9 Å². The van der Waals surface area contributed by atoms with E-state index in [-0.39, 0.29) is 6.04 Å². The molecule has 2 aromatic rings. The van der Waals surface area contributed by atoms with Gasteiger partial charge in [0.25, 0.3) is 0 Å². The van der Waals surface area contributed by atoms with Crippen LogP contribution in [0, 0.1) is 6.92 Å². The molecule has 2 aromatic heterocycles. The van der Waals surface area contributed by atoms with E-state index >= 15 is 0 Å². The van der Waals surface area contributed by atoms with E-state index in [1.54, 1.807) is 0 Å². The van der Waals surface area contributed by atoms with E-state index in [0.29, 0.717) is 0 Å². The van der Waals surface area contributed by atoms with Crippen molar-refractivity contribution in [2.24, 2.45) is 7.05 Å². The molecule has 0 aliphatic carbocycles. The van der Waals surface area contributed by atoms with Crippen LogP contribution in [0.5, 0.6) is 0 Å². The van der Waals surface area contributed by atoms with Crippen molar-refractivity contribution in [3.05, 3.63) is 35.4 Å². The van der Waals surface area contributed by atoms with Crippen molar-refractivity contribution in [1.29, 1.82) is 0 Å². The number of hydrogen-bond acceptors (Lipinski definition) is 3. The minimum Gasteiger partial charge on any atom is -0.308 e. The maximum Gasteiger partial charge on any atom is 0.0779 e. The van der Waals surface area contributed by atoms with Crippen molar-refractivity contribution < 1.29 is 0 Å². The van der Waals surface area contributed by atoms with Crippen LogP contribution in [0.4, 0.5) is 0 Å². The number of hydrogen-bond donors (Lipinski definition) is 1. The van der Waals surface area contributed by atoms with Gasteiger partial charge >= 0.3 is 0 Å². The summed E-state index contributed by atoms with van der Waals surface area (Å²) in [6, 6.07) is 2.20. The van der Waals surface area contributed by atoms with Gasteiger partial charge in [-0.05, 0) is 27.0 Å². The lowest BCUT2D eigenvalue weighted by atomic mass is 10.1. The second-order valence-corrected chi connectivity index (χ2v) is 4.10. The Kier molecular flexibility index (Phi) is 3.28. The monoisotopic (exact) mass is 233 g/mol. The third-order valence-electron chi connectivity index (χ3n) is 3.22. The van der Waals surface area contributed by atoms with E-state index in [1.165, 1.54) is 17.0 Å². The van der Waals surface area contributed by atoms with Crippen LogP contribution in [-0.2, 0) is 13.6 Å². The quantitative estimate of drug-likeness (QED) is 0.864. The van der Waals surface area contributed by atoms with Gasteiger partial charge in [-0.2, -0.15) is 10.2 Å². The zero-order valence-electron chi connectivity index (χ0n) is 10.8. The predicted octanol–water partition coefficient (Wildman–Crippen LogP) is 1.25. The maximum absolute atomic E-state index is 4.31. The molecular weight excluding hydrogens is 214 g/mol. The maximum atomic E-state index is 4.31. The Hall–Kier alpha value is -1.62. The first-order valence-corrected chi connectivity index (χ1v) is 5.86. The van der Waals surface area contributed by atoms with E-state index in [1.807, 2.05) is 35.9 Å². The highest BCUT2D eigenvalue weighted by Gasteiger charge is 2.20. The van der Waals surface area contributed by atoms with Crippen LogP contribution in [-0.4, -0.2) is 26.6 Å². The van der Waals surface area contributed by atoms with Crippen molar-refractivity contribution in [2.45, 2.75) is 26.4 Å². The standard InChI is InChI=1S/C12H19N5/c1-5-17-11(6-7-14-17)12(13-3)10-8-15-16(4)9(10)2/h6-8,12-13H,5H2,1-4H3. The molecule has 0 radical (unpaired) electrons. The van der Waals surface area contributed by atoms with Gasteiger partial charge in [0.2, 0.25) is 0 Å². The molecule has 0 fully saturated rings. The molecule has 0 aliphatic rings. The number of aryl methyl sites for hydroxylation is 2. The third-order valence-corrected chi connectivity index (χ3v) is 3.22. The fourth-order valence-corrected chi connectivity index (χ4v) is 2.11. The van der Waals surface area contributed by atoms with Crippen LogP contribution in [0.3, 0.4) is 0 Å². The second-order valence-electron chi connectivity index (χ2n) is 4.10. The Morgan fingerprint density at radius 1 is 1.41 bits per heavy atom. The van der Waals surface area contributed by atoms with Gasteiger partial charge in [0.1, 0.15) is 0 Å². The lowest BCUT2D eigenvalue weighted by molar-refractivity contribution is 0.561. The number of nitrogens with one attached hydrogen (secondary N) is 1. The molecule has 5 nitrogen and oxygen atoms in total. The Balaban J connectivity index is 2.44. The number of aromatic nitrogens is 4.